The zero-order chi connectivity index (χ0) is 11.1. The maximum atomic E-state index is 5.79. The lowest BCUT2D eigenvalue weighted by Gasteiger charge is -2.14. The molecule has 1 N–H and O–H groups in total. The number of halogens is 1. The summed E-state index contributed by atoms with van der Waals surface area (Å²) in [6, 6.07) is 7.49. The van der Waals surface area contributed by atoms with Crippen molar-refractivity contribution in [2.45, 2.75) is 25.9 Å². The van der Waals surface area contributed by atoms with Gasteiger partial charge in [0.25, 0.3) is 0 Å². The van der Waals surface area contributed by atoms with Crippen LogP contribution < -0.4 is 10.1 Å². The summed E-state index contributed by atoms with van der Waals surface area (Å²) in [6.45, 7) is 3.12. The third kappa shape index (κ3) is 5.05. The molecule has 1 aromatic rings. The lowest BCUT2D eigenvalue weighted by atomic mass is 10.2. The fourth-order valence-electron chi connectivity index (χ4n) is 1.37. The second-order valence-corrected chi connectivity index (χ2v) is 4.06. The van der Waals surface area contributed by atoms with Crippen LogP contribution in [0.1, 0.15) is 19.8 Å². The number of ether oxygens (including phenoxy) is 1. The average Bonchev–Trinajstić information content (AvgIpc) is 2.22. The van der Waals surface area contributed by atoms with Crippen LogP contribution in [0.5, 0.6) is 5.75 Å². The van der Waals surface area contributed by atoms with E-state index in [2.05, 4.69) is 12.2 Å². The van der Waals surface area contributed by atoms with Gasteiger partial charge in [0.05, 0.1) is 6.10 Å². The first-order valence-corrected chi connectivity index (χ1v) is 5.67. The molecule has 0 radical (unpaired) electrons. The molecule has 0 saturated carbocycles. The molecule has 0 fully saturated rings. The minimum Gasteiger partial charge on any atom is -0.491 e. The van der Waals surface area contributed by atoms with Crippen LogP contribution in [0, 0.1) is 0 Å². The summed E-state index contributed by atoms with van der Waals surface area (Å²) in [6.07, 6.45) is 2.44. The number of hydrogen-bond acceptors (Lipinski definition) is 2. The van der Waals surface area contributed by atoms with Crippen LogP contribution in [0.4, 0.5) is 0 Å². The molecule has 1 aromatic carbocycles. The van der Waals surface area contributed by atoms with Gasteiger partial charge in [-0.25, -0.2) is 0 Å². The number of nitrogens with one attached hydrogen (secondary N) is 1. The lowest BCUT2D eigenvalue weighted by Crippen LogP contribution is -2.15. The Bertz CT molecular complexity index is 273. The van der Waals surface area contributed by atoms with Gasteiger partial charge in [-0.15, -0.1) is 0 Å². The Hall–Kier alpha value is -0.730. The van der Waals surface area contributed by atoms with Gasteiger partial charge in [0.15, 0.2) is 0 Å². The first-order valence-electron chi connectivity index (χ1n) is 5.29. The molecule has 0 aliphatic rings. The second-order valence-electron chi connectivity index (χ2n) is 3.63. The molecule has 0 heterocycles. The topological polar surface area (TPSA) is 21.3 Å². The van der Waals surface area contributed by atoms with E-state index in [1.807, 2.05) is 31.3 Å². The summed E-state index contributed by atoms with van der Waals surface area (Å²) in [5, 5.41) is 3.86. The smallest absolute Gasteiger partial charge is 0.119 e. The summed E-state index contributed by atoms with van der Waals surface area (Å²) in [5.41, 5.74) is 0. The maximum Gasteiger partial charge on any atom is 0.119 e. The minimum absolute atomic E-state index is 0.250. The SMILES string of the molecule is CNCCCC(C)Oc1ccc(Cl)cc1. The first-order chi connectivity index (χ1) is 7.22. The van der Waals surface area contributed by atoms with E-state index in [9.17, 15) is 0 Å². The zero-order valence-electron chi connectivity index (χ0n) is 9.29. The summed E-state index contributed by atoms with van der Waals surface area (Å²) in [4.78, 5) is 0. The van der Waals surface area contributed by atoms with Gasteiger partial charge < -0.3 is 10.1 Å². The molecule has 15 heavy (non-hydrogen) atoms. The van der Waals surface area contributed by atoms with Gasteiger partial charge in [0, 0.05) is 5.02 Å². The van der Waals surface area contributed by atoms with E-state index in [-0.39, 0.29) is 6.10 Å². The van der Waals surface area contributed by atoms with Crippen LogP contribution in [-0.4, -0.2) is 19.7 Å². The number of rotatable bonds is 6. The van der Waals surface area contributed by atoms with Crippen LogP contribution in [0.25, 0.3) is 0 Å². The van der Waals surface area contributed by atoms with Gasteiger partial charge in [0.2, 0.25) is 0 Å². The Balaban J connectivity index is 2.31. The molecule has 0 amide bonds. The molecular weight excluding hydrogens is 210 g/mol. The summed E-state index contributed by atoms with van der Waals surface area (Å²) in [7, 11) is 1.96. The zero-order valence-corrected chi connectivity index (χ0v) is 10.1. The fourth-order valence-corrected chi connectivity index (χ4v) is 1.50. The summed E-state index contributed by atoms with van der Waals surface area (Å²) >= 11 is 5.79. The molecule has 2 nitrogen and oxygen atoms in total. The highest BCUT2D eigenvalue weighted by Gasteiger charge is 2.03. The highest BCUT2D eigenvalue weighted by atomic mass is 35.5. The van der Waals surface area contributed by atoms with E-state index in [0.717, 1.165) is 30.2 Å². The van der Waals surface area contributed by atoms with Crippen LogP contribution in [-0.2, 0) is 0 Å². The average molecular weight is 228 g/mol. The van der Waals surface area contributed by atoms with Crippen molar-refractivity contribution in [3.8, 4) is 5.75 Å². The monoisotopic (exact) mass is 227 g/mol. The number of hydrogen-bond donors (Lipinski definition) is 1. The molecule has 0 spiro atoms. The van der Waals surface area contributed by atoms with E-state index in [4.69, 9.17) is 16.3 Å². The van der Waals surface area contributed by atoms with E-state index >= 15 is 0 Å². The minimum atomic E-state index is 0.250. The Morgan fingerprint density at radius 1 is 1.33 bits per heavy atom. The summed E-state index contributed by atoms with van der Waals surface area (Å²) < 4.78 is 5.73. The van der Waals surface area contributed by atoms with Crippen molar-refractivity contribution in [3.05, 3.63) is 29.3 Å². The van der Waals surface area contributed by atoms with Gasteiger partial charge in [-0.2, -0.15) is 0 Å². The van der Waals surface area contributed by atoms with Gasteiger partial charge >= 0.3 is 0 Å². The molecular formula is C12H18ClNO. The second kappa shape index (κ2) is 6.70. The van der Waals surface area contributed by atoms with E-state index in [1.165, 1.54) is 0 Å². The normalized spacial score (nSPS) is 12.5. The van der Waals surface area contributed by atoms with Crippen LogP contribution in [0.15, 0.2) is 24.3 Å². The van der Waals surface area contributed by atoms with E-state index in [0.29, 0.717) is 0 Å². The standard InChI is InChI=1S/C12H18ClNO/c1-10(4-3-9-14-2)15-12-7-5-11(13)6-8-12/h5-8,10,14H,3-4,9H2,1-2H3. The van der Waals surface area contributed by atoms with E-state index < -0.39 is 0 Å². The molecule has 84 valence electrons. The van der Waals surface area contributed by atoms with Gasteiger partial charge in [-0.05, 0) is 57.6 Å². The van der Waals surface area contributed by atoms with Gasteiger partial charge in [-0.1, -0.05) is 11.6 Å². The molecule has 1 unspecified atom stereocenters. The fraction of sp³-hybridized carbons (Fsp3) is 0.500. The summed E-state index contributed by atoms with van der Waals surface area (Å²) in [5.74, 6) is 0.886. The first kappa shape index (κ1) is 12.3. The highest BCUT2D eigenvalue weighted by molar-refractivity contribution is 6.30. The number of benzene rings is 1. The lowest BCUT2D eigenvalue weighted by molar-refractivity contribution is 0.208. The Labute approximate surface area is 96.6 Å². The molecule has 0 aliphatic heterocycles. The van der Waals surface area contributed by atoms with Crippen molar-refractivity contribution >= 4 is 11.6 Å². The van der Waals surface area contributed by atoms with Crippen molar-refractivity contribution in [2.75, 3.05) is 13.6 Å². The predicted molar refractivity (Wildman–Crippen MR) is 64.7 cm³/mol. The Morgan fingerprint density at radius 2 is 2.00 bits per heavy atom. The Morgan fingerprint density at radius 3 is 2.60 bits per heavy atom. The predicted octanol–water partition coefficient (Wildman–Crippen LogP) is 3.11. The van der Waals surface area contributed by atoms with Crippen LogP contribution in [0.2, 0.25) is 5.02 Å². The van der Waals surface area contributed by atoms with Crippen molar-refractivity contribution in [1.29, 1.82) is 0 Å². The molecule has 0 aromatic heterocycles. The molecule has 0 bridgehead atoms. The highest BCUT2D eigenvalue weighted by Crippen LogP contribution is 2.17. The van der Waals surface area contributed by atoms with Gasteiger partial charge in [0.1, 0.15) is 5.75 Å². The van der Waals surface area contributed by atoms with Crippen molar-refractivity contribution in [1.82, 2.24) is 5.32 Å². The van der Waals surface area contributed by atoms with Crippen molar-refractivity contribution in [3.63, 3.8) is 0 Å². The maximum absolute atomic E-state index is 5.79. The van der Waals surface area contributed by atoms with Crippen LogP contribution in [0.3, 0.4) is 0 Å². The molecule has 1 atom stereocenters. The molecule has 0 aliphatic carbocycles. The van der Waals surface area contributed by atoms with Crippen molar-refractivity contribution < 1.29 is 4.74 Å². The quantitative estimate of drug-likeness (QED) is 0.755. The van der Waals surface area contributed by atoms with Crippen molar-refractivity contribution in [2.24, 2.45) is 0 Å². The van der Waals surface area contributed by atoms with E-state index in [1.54, 1.807) is 0 Å². The molecule has 0 saturated heterocycles. The third-order valence-corrected chi connectivity index (χ3v) is 2.44. The largest absolute Gasteiger partial charge is 0.491 e. The third-order valence-electron chi connectivity index (χ3n) is 2.19. The van der Waals surface area contributed by atoms with Gasteiger partial charge in [-0.3, -0.25) is 0 Å². The Kier molecular flexibility index (Phi) is 5.51. The molecule has 3 heteroatoms. The van der Waals surface area contributed by atoms with Crippen LogP contribution >= 0.6 is 11.6 Å². The molecule has 1 rings (SSSR count).